The summed E-state index contributed by atoms with van der Waals surface area (Å²) in [7, 11) is 0. The molecule has 2 rings (SSSR count). The Morgan fingerprint density at radius 2 is 2.00 bits per heavy atom. The molecule has 9 nitrogen and oxygen atoms in total. The Labute approximate surface area is 118 Å². The summed E-state index contributed by atoms with van der Waals surface area (Å²) in [4.78, 5) is 34.0. The van der Waals surface area contributed by atoms with E-state index < -0.39 is 11.9 Å². The van der Waals surface area contributed by atoms with Crippen LogP contribution in [0.3, 0.4) is 0 Å². The molecule has 0 saturated heterocycles. The van der Waals surface area contributed by atoms with Crippen LogP contribution >= 0.6 is 0 Å². The summed E-state index contributed by atoms with van der Waals surface area (Å²) in [5.74, 6) is -2.16. The molecule has 2 aromatic rings. The maximum atomic E-state index is 11.8. The van der Waals surface area contributed by atoms with E-state index in [0.29, 0.717) is 5.69 Å². The van der Waals surface area contributed by atoms with Crippen LogP contribution in [0.25, 0.3) is 0 Å². The second kappa shape index (κ2) is 5.82. The number of aromatic carboxylic acids is 1. The Kier molecular flexibility index (Phi) is 3.93. The van der Waals surface area contributed by atoms with E-state index in [1.54, 1.807) is 0 Å². The molecule has 9 heteroatoms. The average Bonchev–Trinajstić information content (AvgIpc) is 2.93. The number of rotatable bonds is 4. The Bertz CT molecular complexity index is 696. The van der Waals surface area contributed by atoms with Crippen LogP contribution in [0.15, 0.2) is 24.4 Å². The van der Waals surface area contributed by atoms with Crippen LogP contribution in [-0.4, -0.2) is 38.3 Å². The van der Waals surface area contributed by atoms with Crippen molar-refractivity contribution >= 4 is 29.2 Å². The van der Waals surface area contributed by atoms with E-state index in [9.17, 15) is 14.4 Å². The van der Waals surface area contributed by atoms with E-state index in [1.165, 1.54) is 31.3 Å². The van der Waals surface area contributed by atoms with Crippen molar-refractivity contribution in [1.29, 1.82) is 0 Å². The molecule has 1 aromatic carbocycles. The number of carboxylic acid groups (broad SMARTS) is 1. The van der Waals surface area contributed by atoms with Gasteiger partial charge in [-0.25, -0.2) is 4.79 Å². The molecule has 2 amide bonds. The Balaban J connectivity index is 2.28. The van der Waals surface area contributed by atoms with Crippen LogP contribution in [0.1, 0.15) is 27.8 Å². The number of carbonyl (C=O) groups excluding carboxylic acids is 2. The van der Waals surface area contributed by atoms with Gasteiger partial charge in [0.25, 0.3) is 5.91 Å². The minimum absolute atomic E-state index is 0.0253. The highest BCUT2D eigenvalue weighted by Crippen LogP contribution is 2.21. The highest BCUT2D eigenvalue weighted by molar-refractivity contribution is 6.07. The molecule has 4 N–H and O–H groups in total. The first-order valence-electron chi connectivity index (χ1n) is 5.79. The monoisotopic (exact) mass is 289 g/mol. The first-order valence-corrected chi connectivity index (χ1v) is 5.79. The standard InChI is InChI=1S/C12H11N5O4/c1-6(18)14-7-2-3-9(8(4-7)12(20)21)15-11(19)10-5-13-17-16-10/h2-5H,1H3,(H,14,18)(H,15,19)(H,20,21)(H,13,16,17). The van der Waals surface area contributed by atoms with Crippen molar-refractivity contribution in [3.63, 3.8) is 0 Å². The number of nitrogens with zero attached hydrogens (tertiary/aromatic N) is 2. The maximum absolute atomic E-state index is 11.8. The molecule has 0 fully saturated rings. The molecule has 0 atom stereocenters. The fraction of sp³-hybridized carbons (Fsp3) is 0.0833. The summed E-state index contributed by atoms with van der Waals surface area (Å²) in [5.41, 5.74) is 0.277. The molecular formula is C12H11N5O4. The minimum Gasteiger partial charge on any atom is -0.478 e. The highest BCUT2D eigenvalue weighted by Gasteiger charge is 2.16. The number of aromatic amines is 1. The molecule has 1 aromatic heterocycles. The number of benzene rings is 1. The number of nitrogens with one attached hydrogen (secondary N) is 3. The first-order chi connectivity index (χ1) is 9.97. The quantitative estimate of drug-likeness (QED) is 0.654. The van der Waals surface area contributed by atoms with E-state index in [4.69, 9.17) is 5.11 Å². The lowest BCUT2D eigenvalue weighted by atomic mass is 10.1. The topological polar surface area (TPSA) is 137 Å². The van der Waals surface area contributed by atoms with Crippen molar-refractivity contribution in [2.75, 3.05) is 10.6 Å². The van der Waals surface area contributed by atoms with Gasteiger partial charge >= 0.3 is 5.97 Å². The zero-order chi connectivity index (χ0) is 15.4. The third kappa shape index (κ3) is 3.41. The molecule has 0 bridgehead atoms. The Hall–Kier alpha value is -3.23. The van der Waals surface area contributed by atoms with E-state index in [1.807, 2.05) is 0 Å². The summed E-state index contributed by atoms with van der Waals surface area (Å²) in [6.45, 7) is 1.31. The minimum atomic E-state index is -1.24. The van der Waals surface area contributed by atoms with Crippen molar-refractivity contribution in [1.82, 2.24) is 15.4 Å². The van der Waals surface area contributed by atoms with Gasteiger partial charge in [-0.05, 0) is 18.2 Å². The van der Waals surface area contributed by atoms with Crippen LogP contribution < -0.4 is 10.6 Å². The predicted octanol–water partition coefficient (Wildman–Crippen LogP) is 0.714. The maximum Gasteiger partial charge on any atom is 0.337 e. The van der Waals surface area contributed by atoms with Gasteiger partial charge in [0.15, 0.2) is 5.69 Å². The number of carbonyl (C=O) groups is 3. The van der Waals surface area contributed by atoms with Crippen LogP contribution in [0.4, 0.5) is 11.4 Å². The summed E-state index contributed by atoms with van der Waals surface area (Å²) < 4.78 is 0. The lowest BCUT2D eigenvalue weighted by Crippen LogP contribution is -2.16. The molecule has 0 saturated carbocycles. The van der Waals surface area contributed by atoms with Crippen molar-refractivity contribution in [3.05, 3.63) is 35.7 Å². The van der Waals surface area contributed by atoms with Crippen LogP contribution in [0.5, 0.6) is 0 Å². The SMILES string of the molecule is CC(=O)Nc1ccc(NC(=O)c2cn[nH]n2)c(C(=O)O)c1. The molecular weight excluding hydrogens is 278 g/mol. The van der Waals surface area contributed by atoms with Gasteiger partial charge in [0, 0.05) is 12.6 Å². The summed E-state index contributed by atoms with van der Waals surface area (Å²) in [6.07, 6.45) is 1.21. The van der Waals surface area contributed by atoms with Gasteiger partial charge in [0.2, 0.25) is 5.91 Å². The molecule has 0 aliphatic carbocycles. The molecule has 21 heavy (non-hydrogen) atoms. The van der Waals surface area contributed by atoms with Crippen LogP contribution in [0.2, 0.25) is 0 Å². The second-order valence-electron chi connectivity index (χ2n) is 4.06. The van der Waals surface area contributed by atoms with E-state index in [2.05, 4.69) is 26.0 Å². The number of anilines is 2. The second-order valence-corrected chi connectivity index (χ2v) is 4.06. The average molecular weight is 289 g/mol. The van der Waals surface area contributed by atoms with Crippen molar-refractivity contribution in [2.45, 2.75) is 6.92 Å². The summed E-state index contributed by atoms with van der Waals surface area (Å²) in [6, 6.07) is 4.11. The number of hydrogen-bond acceptors (Lipinski definition) is 5. The van der Waals surface area contributed by atoms with Gasteiger partial charge < -0.3 is 15.7 Å². The smallest absolute Gasteiger partial charge is 0.337 e. The highest BCUT2D eigenvalue weighted by atomic mass is 16.4. The molecule has 0 radical (unpaired) electrons. The lowest BCUT2D eigenvalue weighted by Gasteiger charge is -2.09. The molecule has 0 aliphatic rings. The number of hydrogen-bond donors (Lipinski definition) is 4. The van der Waals surface area contributed by atoms with Gasteiger partial charge in [-0.1, -0.05) is 0 Å². The number of carboxylic acids is 1. The fourth-order valence-corrected chi connectivity index (χ4v) is 1.61. The number of amides is 2. The lowest BCUT2D eigenvalue weighted by molar-refractivity contribution is -0.114. The third-order valence-electron chi connectivity index (χ3n) is 2.47. The zero-order valence-electron chi connectivity index (χ0n) is 10.9. The van der Waals surface area contributed by atoms with Gasteiger partial charge in [-0.15, -0.1) is 0 Å². The summed E-state index contributed by atoms with van der Waals surface area (Å²) >= 11 is 0. The van der Waals surface area contributed by atoms with Crippen molar-refractivity contribution < 1.29 is 19.5 Å². The number of H-pyrrole nitrogens is 1. The third-order valence-corrected chi connectivity index (χ3v) is 2.47. The van der Waals surface area contributed by atoms with Crippen molar-refractivity contribution in [3.8, 4) is 0 Å². The van der Waals surface area contributed by atoms with E-state index in [0.717, 1.165) is 0 Å². The Morgan fingerprint density at radius 1 is 1.24 bits per heavy atom. The van der Waals surface area contributed by atoms with Gasteiger partial charge in [0.1, 0.15) is 0 Å². The Morgan fingerprint density at radius 3 is 2.57 bits per heavy atom. The first kappa shape index (κ1) is 14.2. The molecule has 1 heterocycles. The zero-order valence-corrected chi connectivity index (χ0v) is 10.9. The van der Waals surface area contributed by atoms with Gasteiger partial charge in [0.05, 0.1) is 17.4 Å². The molecule has 108 valence electrons. The van der Waals surface area contributed by atoms with Crippen molar-refractivity contribution in [2.24, 2.45) is 0 Å². The van der Waals surface area contributed by atoms with Gasteiger partial charge in [-0.3, -0.25) is 9.59 Å². The van der Waals surface area contributed by atoms with Gasteiger partial charge in [-0.2, -0.15) is 15.4 Å². The van der Waals surface area contributed by atoms with E-state index >= 15 is 0 Å². The van der Waals surface area contributed by atoms with Crippen LogP contribution in [0, 0.1) is 0 Å². The molecule has 0 unspecified atom stereocenters. The summed E-state index contributed by atoms with van der Waals surface area (Å²) in [5, 5.41) is 23.4. The fourth-order valence-electron chi connectivity index (χ4n) is 1.61. The van der Waals surface area contributed by atoms with E-state index in [-0.39, 0.29) is 22.9 Å². The normalized spacial score (nSPS) is 9.95. The molecule has 0 spiro atoms. The predicted molar refractivity (Wildman–Crippen MR) is 72.0 cm³/mol. The number of aromatic nitrogens is 3. The largest absolute Gasteiger partial charge is 0.478 e. The molecule has 0 aliphatic heterocycles. The van der Waals surface area contributed by atoms with Crippen LogP contribution in [-0.2, 0) is 4.79 Å².